The van der Waals surface area contributed by atoms with Crippen molar-refractivity contribution in [2.75, 3.05) is 12.3 Å². The largest absolute Gasteiger partial charge is 0.573 e. The summed E-state index contributed by atoms with van der Waals surface area (Å²) < 4.78 is 65.8. The fraction of sp³-hybridized carbons (Fsp3) is 0.278. The molecule has 2 aromatic rings. The molecule has 1 unspecified atom stereocenters. The quantitative estimate of drug-likeness (QED) is 0.571. The van der Waals surface area contributed by atoms with Gasteiger partial charge in [-0.1, -0.05) is 0 Å². The second-order valence-corrected chi connectivity index (χ2v) is 8.17. The van der Waals surface area contributed by atoms with Crippen molar-refractivity contribution >= 4 is 27.3 Å². The van der Waals surface area contributed by atoms with Gasteiger partial charge in [0.15, 0.2) is 5.69 Å². The molecular weight excluding hydrogens is 441 g/mol. The molecule has 0 saturated carbocycles. The van der Waals surface area contributed by atoms with E-state index >= 15 is 0 Å². The number of aromatic nitrogens is 1. The van der Waals surface area contributed by atoms with Crippen LogP contribution in [0.15, 0.2) is 46.3 Å². The molecule has 1 aromatic heterocycles. The van der Waals surface area contributed by atoms with E-state index in [2.05, 4.69) is 20.4 Å². The van der Waals surface area contributed by atoms with E-state index in [4.69, 9.17) is 5.73 Å². The maximum absolute atomic E-state index is 12.7. The highest BCUT2D eigenvalue weighted by Gasteiger charge is 2.31. The van der Waals surface area contributed by atoms with Crippen molar-refractivity contribution in [2.45, 2.75) is 36.0 Å². The summed E-state index contributed by atoms with van der Waals surface area (Å²) in [7, 11) is -4.18. The average Bonchev–Trinajstić information content (AvgIpc) is 2.67. The van der Waals surface area contributed by atoms with Crippen LogP contribution in [0.4, 0.5) is 18.9 Å². The fourth-order valence-corrected chi connectivity index (χ4v) is 3.65. The third-order valence-corrected chi connectivity index (χ3v) is 5.61. The van der Waals surface area contributed by atoms with Gasteiger partial charge in [-0.2, -0.15) is 0 Å². The van der Waals surface area contributed by atoms with Crippen molar-refractivity contribution in [1.82, 2.24) is 15.6 Å². The summed E-state index contributed by atoms with van der Waals surface area (Å²) in [4.78, 5) is 27.1. The standard InChI is InChI=1S/C18H19F3N4O5S/c1-3-23-16(26)10(2)25-17(27)15-14(22)8-13(9-24-15)31(28,29)12-6-4-11(5-7-12)30-18(19,20)21/h4-10H,3,22H2,1-2H3,(H,23,26)(H,25,27). The van der Waals surface area contributed by atoms with Gasteiger partial charge in [-0.3, -0.25) is 9.59 Å². The molecule has 2 amide bonds. The second kappa shape index (κ2) is 9.20. The van der Waals surface area contributed by atoms with Crippen LogP contribution in [0.25, 0.3) is 0 Å². The van der Waals surface area contributed by atoms with Crippen molar-refractivity contribution in [3.63, 3.8) is 0 Å². The van der Waals surface area contributed by atoms with Gasteiger partial charge >= 0.3 is 6.36 Å². The summed E-state index contributed by atoms with van der Waals surface area (Å²) in [6.45, 7) is 3.53. The molecule has 13 heteroatoms. The van der Waals surface area contributed by atoms with Gasteiger partial charge in [0, 0.05) is 12.7 Å². The molecule has 9 nitrogen and oxygen atoms in total. The predicted octanol–water partition coefficient (Wildman–Crippen LogP) is 1.65. The maximum Gasteiger partial charge on any atom is 0.573 e. The summed E-state index contributed by atoms with van der Waals surface area (Å²) in [6.07, 6.45) is -4.03. The number of nitrogen functional groups attached to an aromatic ring is 1. The van der Waals surface area contributed by atoms with E-state index in [0.717, 1.165) is 36.5 Å². The summed E-state index contributed by atoms with van der Waals surface area (Å²) in [5.74, 6) is -1.79. The molecule has 4 N–H and O–H groups in total. The Morgan fingerprint density at radius 2 is 1.81 bits per heavy atom. The van der Waals surface area contributed by atoms with Crippen LogP contribution in [0.5, 0.6) is 5.75 Å². The van der Waals surface area contributed by atoms with E-state index in [-0.39, 0.29) is 21.2 Å². The van der Waals surface area contributed by atoms with Gasteiger partial charge in [0.25, 0.3) is 5.91 Å². The first-order valence-corrected chi connectivity index (χ1v) is 10.3. The highest BCUT2D eigenvalue weighted by molar-refractivity contribution is 7.91. The molecule has 31 heavy (non-hydrogen) atoms. The molecule has 0 fully saturated rings. The molecule has 0 aliphatic carbocycles. The average molecular weight is 460 g/mol. The third-order valence-electron chi connectivity index (χ3n) is 3.88. The minimum Gasteiger partial charge on any atom is -0.406 e. The number of rotatable bonds is 7. The molecule has 168 valence electrons. The number of hydrogen-bond acceptors (Lipinski definition) is 7. The fourth-order valence-electron chi connectivity index (χ4n) is 2.41. The van der Waals surface area contributed by atoms with E-state index in [0.29, 0.717) is 6.54 Å². The number of halogens is 3. The Morgan fingerprint density at radius 1 is 1.19 bits per heavy atom. The van der Waals surface area contributed by atoms with Gasteiger partial charge in [-0.05, 0) is 44.2 Å². The summed E-state index contributed by atoms with van der Waals surface area (Å²) in [6, 6.07) is 3.68. The first-order valence-electron chi connectivity index (χ1n) is 8.80. The van der Waals surface area contributed by atoms with E-state index in [1.165, 1.54) is 6.92 Å². The van der Waals surface area contributed by atoms with Gasteiger partial charge in [-0.15, -0.1) is 13.2 Å². The molecule has 1 heterocycles. The van der Waals surface area contributed by atoms with Gasteiger partial charge in [0.1, 0.15) is 11.8 Å². The summed E-state index contributed by atoms with van der Waals surface area (Å²) in [5.41, 5.74) is 5.21. The molecule has 0 radical (unpaired) electrons. The Bertz CT molecular complexity index is 1070. The number of alkyl halides is 3. The first kappa shape index (κ1) is 23.9. The number of amides is 2. The topological polar surface area (TPSA) is 140 Å². The lowest BCUT2D eigenvalue weighted by molar-refractivity contribution is -0.274. The van der Waals surface area contributed by atoms with Gasteiger partial charge < -0.3 is 21.1 Å². The Morgan fingerprint density at radius 3 is 2.32 bits per heavy atom. The molecule has 0 aliphatic heterocycles. The Hall–Kier alpha value is -3.35. The molecule has 0 bridgehead atoms. The number of hydrogen-bond donors (Lipinski definition) is 3. The lowest BCUT2D eigenvalue weighted by atomic mass is 10.2. The number of ether oxygens (including phenoxy) is 1. The van der Waals surface area contributed by atoms with Crippen LogP contribution in [-0.2, 0) is 14.6 Å². The minimum absolute atomic E-state index is 0.265. The van der Waals surface area contributed by atoms with Crippen molar-refractivity contribution in [2.24, 2.45) is 0 Å². The lowest BCUT2D eigenvalue weighted by Gasteiger charge is -2.14. The Labute approximate surface area is 175 Å². The number of likely N-dealkylation sites (N-methyl/N-ethyl adjacent to an activating group) is 1. The van der Waals surface area contributed by atoms with Crippen LogP contribution in [0.3, 0.4) is 0 Å². The van der Waals surface area contributed by atoms with Crippen molar-refractivity contribution < 1.29 is 35.9 Å². The third kappa shape index (κ3) is 6.07. The van der Waals surface area contributed by atoms with Crippen LogP contribution < -0.4 is 21.1 Å². The van der Waals surface area contributed by atoms with Crippen LogP contribution in [-0.4, -0.2) is 44.2 Å². The number of anilines is 1. The minimum atomic E-state index is -4.91. The van der Waals surface area contributed by atoms with Crippen LogP contribution >= 0.6 is 0 Å². The van der Waals surface area contributed by atoms with Crippen LogP contribution in [0, 0.1) is 0 Å². The Kier molecular flexibility index (Phi) is 7.10. The number of nitrogens with zero attached hydrogens (tertiary/aromatic N) is 1. The first-order chi connectivity index (χ1) is 14.3. The zero-order valence-corrected chi connectivity index (χ0v) is 17.2. The molecule has 1 aromatic carbocycles. The highest BCUT2D eigenvalue weighted by atomic mass is 32.2. The number of nitrogens with two attached hydrogens (primary N) is 1. The van der Waals surface area contributed by atoms with Crippen molar-refractivity contribution in [3.8, 4) is 5.75 Å². The van der Waals surface area contributed by atoms with Crippen molar-refractivity contribution in [1.29, 1.82) is 0 Å². The molecule has 0 saturated heterocycles. The smallest absolute Gasteiger partial charge is 0.406 e. The Balaban J connectivity index is 2.23. The lowest BCUT2D eigenvalue weighted by Crippen LogP contribution is -2.45. The zero-order chi connectivity index (χ0) is 23.4. The normalized spacial score (nSPS) is 12.7. The molecule has 0 aliphatic rings. The molecule has 0 spiro atoms. The van der Waals surface area contributed by atoms with E-state index in [1.54, 1.807) is 6.92 Å². The number of benzene rings is 1. The maximum atomic E-state index is 12.7. The second-order valence-electron chi connectivity index (χ2n) is 6.22. The zero-order valence-electron chi connectivity index (χ0n) is 16.4. The number of carbonyl (C=O) groups excluding carboxylic acids is 2. The van der Waals surface area contributed by atoms with Gasteiger partial charge in [0.05, 0.1) is 15.5 Å². The highest BCUT2D eigenvalue weighted by Crippen LogP contribution is 2.27. The number of nitrogens with one attached hydrogen (secondary N) is 2. The van der Waals surface area contributed by atoms with Crippen molar-refractivity contribution in [3.05, 3.63) is 42.2 Å². The van der Waals surface area contributed by atoms with Crippen LogP contribution in [0.1, 0.15) is 24.3 Å². The van der Waals surface area contributed by atoms with E-state index in [1.807, 2.05) is 0 Å². The molecule has 1 atom stereocenters. The molecular formula is C18H19F3N4O5S. The monoisotopic (exact) mass is 460 g/mol. The van der Waals surface area contributed by atoms with E-state index in [9.17, 15) is 31.2 Å². The number of pyridine rings is 1. The van der Waals surface area contributed by atoms with Crippen LogP contribution in [0.2, 0.25) is 0 Å². The summed E-state index contributed by atoms with van der Waals surface area (Å²) >= 11 is 0. The van der Waals surface area contributed by atoms with Gasteiger partial charge in [-0.25, -0.2) is 13.4 Å². The SMILES string of the molecule is CCNC(=O)C(C)NC(=O)c1ncc(S(=O)(=O)c2ccc(OC(F)(F)F)cc2)cc1N. The number of sulfone groups is 1. The van der Waals surface area contributed by atoms with Gasteiger partial charge in [0.2, 0.25) is 15.7 Å². The van der Waals surface area contributed by atoms with E-state index < -0.39 is 39.8 Å². The number of carbonyl (C=O) groups is 2. The summed E-state index contributed by atoms with van der Waals surface area (Å²) in [5, 5.41) is 4.91. The molecule has 2 rings (SSSR count). The predicted molar refractivity (Wildman–Crippen MR) is 103 cm³/mol.